The van der Waals surface area contributed by atoms with Gasteiger partial charge in [0.25, 0.3) is 0 Å². The van der Waals surface area contributed by atoms with Gasteiger partial charge in [-0.05, 0) is 41.3 Å². The summed E-state index contributed by atoms with van der Waals surface area (Å²) in [6, 6.07) is 12.8. The van der Waals surface area contributed by atoms with Gasteiger partial charge in [0.1, 0.15) is 29.8 Å². The van der Waals surface area contributed by atoms with E-state index in [1.54, 1.807) is 25.3 Å². The molecule has 0 radical (unpaired) electrons. The number of halogens is 1. The Bertz CT molecular complexity index is 1000. The van der Waals surface area contributed by atoms with E-state index in [2.05, 4.69) is 0 Å². The van der Waals surface area contributed by atoms with E-state index in [4.69, 9.17) is 25.8 Å². The summed E-state index contributed by atoms with van der Waals surface area (Å²) in [6.07, 6.45) is -4.61. The first-order chi connectivity index (χ1) is 14.9. The van der Waals surface area contributed by atoms with Crippen LogP contribution in [0.2, 0.25) is 5.02 Å². The van der Waals surface area contributed by atoms with E-state index in [9.17, 15) is 20.1 Å². The van der Waals surface area contributed by atoms with E-state index in [1.807, 2.05) is 24.3 Å². The van der Waals surface area contributed by atoms with Gasteiger partial charge in [-0.3, -0.25) is 0 Å². The van der Waals surface area contributed by atoms with Crippen molar-refractivity contribution in [2.75, 3.05) is 13.7 Å². The molecule has 8 heteroatoms. The molecule has 2 heterocycles. The summed E-state index contributed by atoms with van der Waals surface area (Å²) in [7, 11) is 1.60. The summed E-state index contributed by atoms with van der Waals surface area (Å²) in [4.78, 5) is 12.0. The fourth-order valence-corrected chi connectivity index (χ4v) is 4.03. The quantitative estimate of drug-likeness (QED) is 0.488. The zero-order chi connectivity index (χ0) is 22.1. The van der Waals surface area contributed by atoms with E-state index in [-0.39, 0.29) is 24.4 Å². The molecule has 2 saturated heterocycles. The highest BCUT2D eigenvalue weighted by atomic mass is 35.5. The van der Waals surface area contributed by atoms with Crippen LogP contribution in [0.15, 0.2) is 53.8 Å². The van der Waals surface area contributed by atoms with Crippen molar-refractivity contribution in [1.82, 2.24) is 0 Å². The predicted molar refractivity (Wildman–Crippen MR) is 112 cm³/mol. The Hall–Kier alpha value is -2.58. The van der Waals surface area contributed by atoms with E-state index in [1.165, 1.54) is 0 Å². The van der Waals surface area contributed by atoms with Crippen molar-refractivity contribution in [2.45, 2.75) is 37.3 Å². The van der Waals surface area contributed by atoms with Crippen molar-refractivity contribution in [1.29, 1.82) is 0 Å². The number of cyclic esters (lactones) is 1. The van der Waals surface area contributed by atoms with Crippen molar-refractivity contribution in [3.05, 3.63) is 75.5 Å². The Morgan fingerprint density at radius 2 is 1.84 bits per heavy atom. The lowest BCUT2D eigenvalue weighted by molar-refractivity contribution is -0.159. The van der Waals surface area contributed by atoms with Crippen molar-refractivity contribution in [3.63, 3.8) is 0 Å². The van der Waals surface area contributed by atoms with Crippen LogP contribution in [-0.4, -0.2) is 53.3 Å². The largest absolute Gasteiger partial charge is 0.497 e. The first-order valence-corrected chi connectivity index (χ1v) is 10.3. The van der Waals surface area contributed by atoms with Gasteiger partial charge in [-0.2, -0.15) is 0 Å². The Kier molecular flexibility index (Phi) is 6.20. The highest BCUT2D eigenvalue weighted by Crippen LogP contribution is 2.38. The third-order valence-corrected chi connectivity index (χ3v) is 5.96. The number of carbonyl (C=O) groups excluding carboxylic acids is 1. The fraction of sp³-hybridized carbons (Fsp3) is 0.348. The van der Waals surface area contributed by atoms with Gasteiger partial charge in [-0.1, -0.05) is 35.9 Å². The molecule has 2 aliphatic heterocycles. The number of carbonyl (C=O) groups is 1. The molecule has 164 valence electrons. The van der Waals surface area contributed by atoms with Crippen LogP contribution < -0.4 is 4.74 Å². The molecule has 0 unspecified atom stereocenters. The lowest BCUT2D eigenvalue weighted by Crippen LogP contribution is -2.48. The molecule has 2 aromatic carbocycles. The van der Waals surface area contributed by atoms with Gasteiger partial charge in [-0.25, -0.2) is 4.79 Å². The highest BCUT2D eigenvalue weighted by molar-refractivity contribution is 6.31. The van der Waals surface area contributed by atoms with Crippen molar-refractivity contribution >= 4 is 17.6 Å². The molecule has 4 rings (SSSR count). The second-order valence-electron chi connectivity index (χ2n) is 7.57. The normalized spacial score (nSPS) is 28.2. The Morgan fingerprint density at radius 1 is 1.10 bits per heavy atom. The number of aliphatic hydroxyl groups is 3. The molecule has 2 aromatic rings. The summed E-state index contributed by atoms with van der Waals surface area (Å²) in [6.45, 7) is 0.185. The molecule has 2 aliphatic rings. The molecule has 0 amide bonds. The molecule has 2 fully saturated rings. The SMILES string of the molecule is COc1ccc(Cc2cc([C@@H]3O/C(=C4/CCOC4=O)[C@@H](O)[C@H](O)[C@H]3O)ccc2Cl)cc1. The Labute approximate surface area is 184 Å². The number of methoxy groups -OCH3 is 1. The van der Waals surface area contributed by atoms with Gasteiger partial charge in [0, 0.05) is 11.4 Å². The van der Waals surface area contributed by atoms with E-state index >= 15 is 0 Å². The van der Waals surface area contributed by atoms with E-state index < -0.39 is 30.4 Å². The second-order valence-corrected chi connectivity index (χ2v) is 7.98. The van der Waals surface area contributed by atoms with Crippen molar-refractivity contribution < 1.29 is 34.3 Å². The number of hydrogen-bond acceptors (Lipinski definition) is 7. The van der Waals surface area contributed by atoms with Crippen LogP contribution in [0.25, 0.3) is 0 Å². The summed E-state index contributed by atoms with van der Waals surface area (Å²) >= 11 is 6.40. The number of benzene rings is 2. The van der Waals surface area contributed by atoms with Gasteiger partial charge in [0.2, 0.25) is 0 Å². The highest BCUT2D eigenvalue weighted by Gasteiger charge is 2.45. The number of rotatable bonds is 4. The molecule has 0 aliphatic carbocycles. The van der Waals surface area contributed by atoms with Gasteiger partial charge in [-0.15, -0.1) is 0 Å². The molecule has 3 N–H and O–H groups in total. The molecule has 0 aromatic heterocycles. The minimum Gasteiger partial charge on any atom is -0.497 e. The van der Waals surface area contributed by atoms with Crippen LogP contribution in [0.1, 0.15) is 29.2 Å². The van der Waals surface area contributed by atoms with Crippen molar-refractivity contribution in [3.8, 4) is 5.75 Å². The third-order valence-electron chi connectivity index (χ3n) is 5.59. The average molecular weight is 447 g/mol. The van der Waals surface area contributed by atoms with Gasteiger partial charge in [0.05, 0.1) is 19.3 Å². The van der Waals surface area contributed by atoms with Crippen LogP contribution in [0.3, 0.4) is 0 Å². The minimum atomic E-state index is -1.52. The summed E-state index contributed by atoms with van der Waals surface area (Å²) < 4.78 is 16.0. The molecule has 0 saturated carbocycles. The lowest BCUT2D eigenvalue weighted by atomic mass is 9.90. The van der Waals surface area contributed by atoms with Gasteiger partial charge < -0.3 is 29.5 Å². The summed E-state index contributed by atoms with van der Waals surface area (Å²) in [5.41, 5.74) is 2.55. The summed E-state index contributed by atoms with van der Waals surface area (Å²) in [5, 5.41) is 31.9. The number of aliphatic hydroxyl groups excluding tert-OH is 3. The van der Waals surface area contributed by atoms with Crippen LogP contribution in [0.5, 0.6) is 5.75 Å². The molecule has 4 atom stereocenters. The van der Waals surface area contributed by atoms with E-state index in [0.29, 0.717) is 17.0 Å². The molecular formula is C23H23ClO7. The lowest BCUT2D eigenvalue weighted by Gasteiger charge is -2.38. The van der Waals surface area contributed by atoms with Crippen LogP contribution in [-0.2, 0) is 20.7 Å². The molecular weight excluding hydrogens is 424 g/mol. The minimum absolute atomic E-state index is 0.0584. The number of hydrogen-bond donors (Lipinski definition) is 3. The average Bonchev–Trinajstić information content (AvgIpc) is 3.20. The first kappa shape index (κ1) is 21.6. The predicted octanol–water partition coefficient (Wildman–Crippen LogP) is 2.29. The maximum absolute atomic E-state index is 12.0. The monoisotopic (exact) mass is 446 g/mol. The topological polar surface area (TPSA) is 105 Å². The zero-order valence-electron chi connectivity index (χ0n) is 16.8. The Balaban J connectivity index is 1.64. The van der Waals surface area contributed by atoms with Crippen LogP contribution >= 0.6 is 11.6 Å². The maximum Gasteiger partial charge on any atom is 0.337 e. The Morgan fingerprint density at radius 3 is 2.48 bits per heavy atom. The number of ether oxygens (including phenoxy) is 3. The molecule has 0 spiro atoms. The first-order valence-electron chi connectivity index (χ1n) is 9.91. The van der Waals surface area contributed by atoms with Crippen LogP contribution in [0.4, 0.5) is 0 Å². The fourth-order valence-electron chi connectivity index (χ4n) is 3.84. The van der Waals surface area contributed by atoms with Gasteiger partial charge in [0.15, 0.2) is 6.10 Å². The number of esters is 1. The smallest absolute Gasteiger partial charge is 0.337 e. The van der Waals surface area contributed by atoms with Crippen molar-refractivity contribution in [2.24, 2.45) is 0 Å². The summed E-state index contributed by atoms with van der Waals surface area (Å²) in [5.74, 6) is 0.102. The third kappa shape index (κ3) is 4.27. The maximum atomic E-state index is 12.0. The molecule has 31 heavy (non-hydrogen) atoms. The molecule has 7 nitrogen and oxygen atoms in total. The van der Waals surface area contributed by atoms with E-state index in [0.717, 1.165) is 16.9 Å². The molecule has 0 bridgehead atoms. The standard InChI is InChI=1S/C23H23ClO7/c1-29-15-5-2-12(3-6-15)10-14-11-13(4-7-17(14)24)21-19(26)18(25)20(27)22(31-21)16-8-9-30-23(16)28/h2-7,11,18-21,25-27H,8-10H2,1H3/b22-16-/t18-,19-,20+,21+/m1/s1. The zero-order valence-corrected chi connectivity index (χ0v) is 17.6. The second kappa shape index (κ2) is 8.88. The van der Waals surface area contributed by atoms with Crippen LogP contribution in [0, 0.1) is 0 Å². The van der Waals surface area contributed by atoms with Gasteiger partial charge >= 0.3 is 5.97 Å².